The summed E-state index contributed by atoms with van der Waals surface area (Å²) in [6.45, 7) is 3.12. The van der Waals surface area contributed by atoms with Crippen LogP contribution in [-0.4, -0.2) is 19.7 Å². The summed E-state index contributed by atoms with van der Waals surface area (Å²) in [5.74, 6) is 1.82. The minimum Gasteiger partial charge on any atom is -0.493 e. The van der Waals surface area contributed by atoms with Crippen LogP contribution in [0.5, 0.6) is 5.75 Å². The lowest BCUT2D eigenvalue weighted by atomic mass is 10.0. The van der Waals surface area contributed by atoms with E-state index in [1.807, 2.05) is 0 Å². The van der Waals surface area contributed by atoms with Gasteiger partial charge in [0.2, 0.25) is 0 Å². The third kappa shape index (κ3) is 2.27. The van der Waals surface area contributed by atoms with Crippen LogP contribution in [0.3, 0.4) is 0 Å². The molecule has 2 aromatic rings. The van der Waals surface area contributed by atoms with Crippen molar-refractivity contribution in [1.29, 1.82) is 0 Å². The molecule has 1 aliphatic rings. The van der Waals surface area contributed by atoms with Crippen LogP contribution in [0.2, 0.25) is 0 Å². The highest BCUT2D eigenvalue weighted by Crippen LogP contribution is 2.25. The summed E-state index contributed by atoms with van der Waals surface area (Å²) < 4.78 is 5.90. The van der Waals surface area contributed by atoms with Crippen LogP contribution < -0.4 is 10.1 Å². The van der Waals surface area contributed by atoms with E-state index in [-0.39, 0.29) is 0 Å². The van der Waals surface area contributed by atoms with Gasteiger partial charge in [-0.1, -0.05) is 36.4 Å². The van der Waals surface area contributed by atoms with Crippen LogP contribution in [0.1, 0.15) is 6.42 Å². The molecular weight excluding hydrogens is 210 g/mol. The third-order valence-electron chi connectivity index (χ3n) is 3.40. The number of fused-ring (bicyclic) bond motifs is 1. The van der Waals surface area contributed by atoms with Crippen molar-refractivity contribution in [3.63, 3.8) is 0 Å². The lowest BCUT2D eigenvalue weighted by Gasteiger charge is -2.26. The fourth-order valence-corrected chi connectivity index (χ4v) is 2.21. The van der Waals surface area contributed by atoms with Gasteiger partial charge < -0.3 is 10.1 Å². The van der Waals surface area contributed by atoms with Gasteiger partial charge in [-0.05, 0) is 36.9 Å². The van der Waals surface area contributed by atoms with Gasteiger partial charge in [0.1, 0.15) is 5.75 Å². The minimum atomic E-state index is 0.810. The van der Waals surface area contributed by atoms with Crippen LogP contribution >= 0.6 is 0 Å². The summed E-state index contributed by atoms with van der Waals surface area (Å²) in [5.41, 5.74) is 0. The number of rotatable bonds is 4. The molecule has 1 heterocycles. The molecule has 2 aromatic carbocycles. The Bertz CT molecular complexity index is 500. The second kappa shape index (κ2) is 4.76. The molecule has 0 unspecified atom stereocenters. The Morgan fingerprint density at radius 2 is 1.88 bits per heavy atom. The highest BCUT2D eigenvalue weighted by molar-refractivity contribution is 5.88. The molecule has 2 nitrogen and oxygen atoms in total. The average molecular weight is 227 g/mol. The summed E-state index contributed by atoms with van der Waals surface area (Å²) >= 11 is 0. The molecule has 3 rings (SSSR count). The highest BCUT2D eigenvalue weighted by atomic mass is 16.5. The van der Waals surface area contributed by atoms with E-state index in [0.29, 0.717) is 0 Å². The number of hydrogen-bond acceptors (Lipinski definition) is 2. The van der Waals surface area contributed by atoms with Crippen LogP contribution in [0, 0.1) is 5.92 Å². The number of hydrogen-bond donors (Lipinski definition) is 1. The first-order valence-electron chi connectivity index (χ1n) is 6.25. The van der Waals surface area contributed by atoms with Crippen molar-refractivity contribution >= 4 is 10.8 Å². The molecular formula is C15H17NO. The Labute approximate surface area is 102 Å². The zero-order valence-electron chi connectivity index (χ0n) is 9.86. The fraction of sp³-hybridized carbons (Fsp3) is 0.333. The zero-order chi connectivity index (χ0) is 11.5. The van der Waals surface area contributed by atoms with E-state index >= 15 is 0 Å². The van der Waals surface area contributed by atoms with Crippen molar-refractivity contribution in [2.75, 3.05) is 19.7 Å². The van der Waals surface area contributed by atoms with E-state index in [2.05, 4.69) is 47.8 Å². The van der Waals surface area contributed by atoms with Crippen molar-refractivity contribution in [3.05, 3.63) is 42.5 Å². The Balaban J connectivity index is 1.71. The van der Waals surface area contributed by atoms with Gasteiger partial charge >= 0.3 is 0 Å². The Morgan fingerprint density at radius 3 is 2.71 bits per heavy atom. The van der Waals surface area contributed by atoms with Crippen molar-refractivity contribution in [2.45, 2.75) is 6.42 Å². The van der Waals surface area contributed by atoms with Gasteiger partial charge in [-0.15, -0.1) is 0 Å². The summed E-state index contributed by atoms with van der Waals surface area (Å²) in [6.07, 6.45) is 1.15. The monoisotopic (exact) mass is 227 g/mol. The number of benzene rings is 2. The van der Waals surface area contributed by atoms with Crippen molar-refractivity contribution in [1.82, 2.24) is 5.32 Å². The topological polar surface area (TPSA) is 21.3 Å². The van der Waals surface area contributed by atoms with E-state index in [4.69, 9.17) is 4.74 Å². The highest BCUT2D eigenvalue weighted by Gasteiger charge is 2.16. The molecule has 1 fully saturated rings. The number of ether oxygens (including phenoxy) is 1. The third-order valence-corrected chi connectivity index (χ3v) is 3.40. The molecule has 1 saturated heterocycles. The summed E-state index contributed by atoms with van der Waals surface area (Å²) in [4.78, 5) is 0. The van der Waals surface area contributed by atoms with Crippen molar-refractivity contribution < 1.29 is 4.74 Å². The Kier molecular flexibility index (Phi) is 2.97. The van der Waals surface area contributed by atoms with Crippen LogP contribution in [0.15, 0.2) is 42.5 Å². The molecule has 0 atom stereocenters. The van der Waals surface area contributed by atoms with E-state index in [0.717, 1.165) is 37.8 Å². The maximum atomic E-state index is 5.90. The van der Waals surface area contributed by atoms with Crippen LogP contribution in [0.4, 0.5) is 0 Å². The van der Waals surface area contributed by atoms with Crippen LogP contribution in [0.25, 0.3) is 10.8 Å². The molecule has 0 radical (unpaired) electrons. The van der Waals surface area contributed by atoms with Gasteiger partial charge in [0, 0.05) is 5.39 Å². The van der Waals surface area contributed by atoms with Gasteiger partial charge in [-0.25, -0.2) is 0 Å². The molecule has 1 aliphatic heterocycles. The second-order valence-corrected chi connectivity index (χ2v) is 4.64. The maximum Gasteiger partial charge on any atom is 0.127 e. The molecule has 0 spiro atoms. The predicted molar refractivity (Wildman–Crippen MR) is 70.4 cm³/mol. The molecule has 1 N–H and O–H groups in total. The summed E-state index contributed by atoms with van der Waals surface area (Å²) in [6, 6.07) is 14.6. The normalized spacial score (nSPS) is 15.8. The van der Waals surface area contributed by atoms with Gasteiger partial charge in [-0.3, -0.25) is 0 Å². The van der Waals surface area contributed by atoms with E-state index in [9.17, 15) is 0 Å². The molecule has 0 aliphatic carbocycles. The largest absolute Gasteiger partial charge is 0.493 e. The Hall–Kier alpha value is -1.54. The fourth-order valence-electron chi connectivity index (χ4n) is 2.21. The van der Waals surface area contributed by atoms with E-state index in [1.165, 1.54) is 10.8 Å². The molecule has 88 valence electrons. The molecule has 2 heteroatoms. The maximum absolute atomic E-state index is 5.90. The molecule has 17 heavy (non-hydrogen) atoms. The molecule has 0 bridgehead atoms. The lowest BCUT2D eigenvalue weighted by molar-refractivity contribution is 0.240. The van der Waals surface area contributed by atoms with E-state index in [1.54, 1.807) is 0 Å². The number of nitrogens with one attached hydrogen (secondary N) is 1. The van der Waals surface area contributed by atoms with Crippen molar-refractivity contribution in [3.8, 4) is 5.75 Å². The molecule has 0 aromatic heterocycles. The summed E-state index contributed by atoms with van der Waals surface area (Å²) in [7, 11) is 0. The predicted octanol–water partition coefficient (Wildman–Crippen LogP) is 2.83. The SMILES string of the molecule is c1ccc2c(OCCC3CNC3)cccc2c1. The van der Waals surface area contributed by atoms with E-state index < -0.39 is 0 Å². The first kappa shape index (κ1) is 10.6. The van der Waals surface area contributed by atoms with Gasteiger partial charge in [-0.2, -0.15) is 0 Å². The lowest BCUT2D eigenvalue weighted by Crippen LogP contribution is -2.42. The van der Waals surface area contributed by atoms with Crippen LogP contribution in [-0.2, 0) is 0 Å². The standard InChI is InChI=1S/C15H17NO/c1-2-6-14-13(4-1)5-3-7-15(14)17-9-8-12-10-16-11-12/h1-7,12,16H,8-11H2. The smallest absolute Gasteiger partial charge is 0.127 e. The van der Waals surface area contributed by atoms with Crippen molar-refractivity contribution in [2.24, 2.45) is 5.92 Å². The molecule has 0 saturated carbocycles. The first-order chi connectivity index (χ1) is 8.43. The second-order valence-electron chi connectivity index (χ2n) is 4.64. The quantitative estimate of drug-likeness (QED) is 0.867. The first-order valence-corrected chi connectivity index (χ1v) is 6.25. The van der Waals surface area contributed by atoms with Gasteiger partial charge in [0.25, 0.3) is 0 Å². The summed E-state index contributed by atoms with van der Waals surface area (Å²) in [5, 5.41) is 5.74. The Morgan fingerprint density at radius 1 is 1.06 bits per heavy atom. The van der Waals surface area contributed by atoms with Gasteiger partial charge in [0.05, 0.1) is 6.61 Å². The minimum absolute atomic E-state index is 0.810. The average Bonchev–Trinajstić information content (AvgIpc) is 2.32. The zero-order valence-corrected chi connectivity index (χ0v) is 9.86. The molecule has 0 amide bonds. The van der Waals surface area contributed by atoms with Gasteiger partial charge in [0.15, 0.2) is 0 Å².